The van der Waals surface area contributed by atoms with Gasteiger partial charge in [0.25, 0.3) is 0 Å². The Hall–Kier alpha value is -2.27. The maximum absolute atomic E-state index is 4.83. The number of anilines is 1. The standard InChI is InChI=1S/C18H18N4S/c1-12-7-8-14(11-13(12)2)19-18-22(9-10-23-18)17-20-15-5-3-4-6-16(15)21-17/h3-8,11H,9-10H2,1-2H3,(H,20,21). The molecule has 23 heavy (non-hydrogen) atoms. The van der Waals surface area contributed by atoms with Crippen LogP contribution in [0.4, 0.5) is 11.6 Å². The number of rotatable bonds is 2. The van der Waals surface area contributed by atoms with E-state index in [0.29, 0.717) is 0 Å². The summed E-state index contributed by atoms with van der Waals surface area (Å²) in [6.45, 7) is 5.17. The molecule has 0 bridgehead atoms. The average molecular weight is 322 g/mol. The molecule has 3 aromatic rings. The van der Waals surface area contributed by atoms with Crippen LogP contribution in [0, 0.1) is 13.8 Å². The minimum absolute atomic E-state index is 0.874. The first-order valence-electron chi connectivity index (χ1n) is 7.72. The fourth-order valence-electron chi connectivity index (χ4n) is 2.66. The van der Waals surface area contributed by atoms with Gasteiger partial charge in [0, 0.05) is 12.3 Å². The number of H-pyrrole nitrogens is 1. The summed E-state index contributed by atoms with van der Waals surface area (Å²) in [6.07, 6.45) is 0. The van der Waals surface area contributed by atoms with Gasteiger partial charge in [0.1, 0.15) is 0 Å². The summed E-state index contributed by atoms with van der Waals surface area (Å²) in [5.41, 5.74) is 5.61. The summed E-state index contributed by atoms with van der Waals surface area (Å²) in [7, 11) is 0. The van der Waals surface area contributed by atoms with Crippen LogP contribution in [0.15, 0.2) is 47.5 Å². The molecule has 4 nitrogen and oxygen atoms in total. The summed E-state index contributed by atoms with van der Waals surface area (Å²) in [4.78, 5) is 15.1. The van der Waals surface area contributed by atoms with Gasteiger partial charge in [-0.15, -0.1) is 0 Å². The van der Waals surface area contributed by atoms with Crippen LogP contribution in [0.1, 0.15) is 11.1 Å². The Bertz CT molecular complexity index is 864. The second-order valence-corrected chi connectivity index (χ2v) is 6.80. The highest BCUT2D eigenvalue weighted by Crippen LogP contribution is 2.28. The van der Waals surface area contributed by atoms with Crippen LogP contribution in [0.25, 0.3) is 11.0 Å². The lowest BCUT2D eigenvalue weighted by atomic mass is 10.1. The minimum Gasteiger partial charge on any atom is -0.324 e. The number of hydrogen-bond acceptors (Lipinski definition) is 3. The SMILES string of the molecule is Cc1ccc(N=C2SCCN2c2nc3ccccc3[nH]2)cc1C. The minimum atomic E-state index is 0.874. The van der Waals surface area contributed by atoms with E-state index in [1.165, 1.54) is 11.1 Å². The molecule has 1 aromatic heterocycles. The Morgan fingerprint density at radius 1 is 1.13 bits per heavy atom. The molecule has 0 amide bonds. The number of imidazole rings is 1. The summed E-state index contributed by atoms with van der Waals surface area (Å²) in [6, 6.07) is 14.4. The monoisotopic (exact) mass is 322 g/mol. The van der Waals surface area contributed by atoms with E-state index in [4.69, 9.17) is 9.98 Å². The van der Waals surface area contributed by atoms with Crippen molar-refractivity contribution in [3.05, 3.63) is 53.6 Å². The molecular formula is C18H18N4S. The lowest BCUT2D eigenvalue weighted by Gasteiger charge is -2.14. The molecule has 0 saturated carbocycles. The van der Waals surface area contributed by atoms with E-state index in [1.807, 2.05) is 18.2 Å². The van der Waals surface area contributed by atoms with Crippen molar-refractivity contribution in [2.24, 2.45) is 4.99 Å². The summed E-state index contributed by atoms with van der Waals surface area (Å²) >= 11 is 1.78. The van der Waals surface area contributed by atoms with Crippen molar-refractivity contribution in [3.8, 4) is 0 Å². The van der Waals surface area contributed by atoms with E-state index in [9.17, 15) is 0 Å². The first-order chi connectivity index (χ1) is 11.2. The summed E-state index contributed by atoms with van der Waals surface area (Å²) < 4.78 is 0. The molecule has 2 heterocycles. The fraction of sp³-hybridized carbons (Fsp3) is 0.222. The third kappa shape index (κ3) is 2.72. The number of aryl methyl sites for hydroxylation is 2. The fourth-order valence-corrected chi connectivity index (χ4v) is 3.62. The number of nitrogens with zero attached hydrogens (tertiary/aromatic N) is 3. The van der Waals surface area contributed by atoms with E-state index in [1.54, 1.807) is 11.8 Å². The van der Waals surface area contributed by atoms with E-state index in [2.05, 4.69) is 48.0 Å². The van der Waals surface area contributed by atoms with Crippen LogP contribution in [0.5, 0.6) is 0 Å². The van der Waals surface area contributed by atoms with Gasteiger partial charge < -0.3 is 4.98 Å². The zero-order valence-electron chi connectivity index (χ0n) is 13.2. The van der Waals surface area contributed by atoms with Crippen molar-refractivity contribution >= 4 is 39.6 Å². The van der Waals surface area contributed by atoms with Gasteiger partial charge in [-0.25, -0.2) is 9.98 Å². The van der Waals surface area contributed by atoms with Gasteiger partial charge in [0.05, 0.1) is 16.7 Å². The Kier molecular flexibility index (Phi) is 3.58. The maximum atomic E-state index is 4.83. The van der Waals surface area contributed by atoms with Crippen LogP contribution < -0.4 is 4.90 Å². The lowest BCUT2D eigenvalue weighted by molar-refractivity contribution is 1.04. The molecule has 116 valence electrons. The molecule has 1 saturated heterocycles. The highest BCUT2D eigenvalue weighted by molar-refractivity contribution is 8.14. The Morgan fingerprint density at radius 2 is 2.00 bits per heavy atom. The number of hydrogen-bond donors (Lipinski definition) is 1. The van der Waals surface area contributed by atoms with Crippen molar-refractivity contribution in [1.29, 1.82) is 0 Å². The van der Waals surface area contributed by atoms with Crippen LogP contribution in [0.2, 0.25) is 0 Å². The first kappa shape index (κ1) is 14.3. The van der Waals surface area contributed by atoms with Crippen LogP contribution in [0.3, 0.4) is 0 Å². The molecule has 1 aliphatic rings. The van der Waals surface area contributed by atoms with Crippen LogP contribution in [-0.4, -0.2) is 27.4 Å². The van der Waals surface area contributed by atoms with Gasteiger partial charge >= 0.3 is 0 Å². The number of amidine groups is 1. The number of para-hydroxylation sites is 2. The van der Waals surface area contributed by atoms with Crippen molar-refractivity contribution in [1.82, 2.24) is 9.97 Å². The second-order valence-electron chi connectivity index (χ2n) is 5.74. The number of nitrogens with one attached hydrogen (secondary N) is 1. The average Bonchev–Trinajstić information content (AvgIpc) is 3.16. The topological polar surface area (TPSA) is 44.3 Å². The van der Waals surface area contributed by atoms with Crippen molar-refractivity contribution in [2.75, 3.05) is 17.2 Å². The quantitative estimate of drug-likeness (QED) is 0.759. The molecule has 0 radical (unpaired) electrons. The molecule has 2 aromatic carbocycles. The third-order valence-corrected chi connectivity index (χ3v) is 5.08. The van der Waals surface area contributed by atoms with Crippen molar-refractivity contribution < 1.29 is 0 Å². The molecule has 1 fully saturated rings. The maximum Gasteiger partial charge on any atom is 0.210 e. The highest BCUT2D eigenvalue weighted by Gasteiger charge is 2.23. The number of aliphatic imine (C=N–C) groups is 1. The van der Waals surface area contributed by atoms with E-state index in [-0.39, 0.29) is 0 Å². The normalized spacial score (nSPS) is 16.6. The van der Waals surface area contributed by atoms with Gasteiger partial charge in [-0.1, -0.05) is 30.0 Å². The predicted molar refractivity (Wildman–Crippen MR) is 98.9 cm³/mol. The van der Waals surface area contributed by atoms with Crippen molar-refractivity contribution in [3.63, 3.8) is 0 Å². The van der Waals surface area contributed by atoms with Gasteiger partial charge in [0.2, 0.25) is 5.95 Å². The van der Waals surface area contributed by atoms with Gasteiger partial charge in [0.15, 0.2) is 5.17 Å². The van der Waals surface area contributed by atoms with Crippen LogP contribution >= 0.6 is 11.8 Å². The molecule has 4 rings (SSSR count). The smallest absolute Gasteiger partial charge is 0.210 e. The van der Waals surface area contributed by atoms with E-state index in [0.717, 1.165) is 40.1 Å². The molecule has 0 unspecified atom stereocenters. The Labute approximate surface area is 139 Å². The van der Waals surface area contributed by atoms with E-state index < -0.39 is 0 Å². The van der Waals surface area contributed by atoms with Gasteiger partial charge in [-0.3, -0.25) is 4.90 Å². The lowest BCUT2D eigenvalue weighted by Crippen LogP contribution is -2.24. The molecule has 5 heteroatoms. The molecule has 0 spiro atoms. The second kappa shape index (κ2) is 5.74. The Morgan fingerprint density at radius 3 is 2.83 bits per heavy atom. The number of fused-ring (bicyclic) bond motifs is 1. The molecule has 0 aliphatic carbocycles. The first-order valence-corrected chi connectivity index (χ1v) is 8.70. The van der Waals surface area contributed by atoms with Crippen LogP contribution in [-0.2, 0) is 0 Å². The third-order valence-electron chi connectivity index (χ3n) is 4.12. The summed E-state index contributed by atoms with van der Waals surface area (Å²) in [5.74, 6) is 1.90. The molecule has 1 N–H and O–H groups in total. The largest absolute Gasteiger partial charge is 0.324 e. The van der Waals surface area contributed by atoms with E-state index >= 15 is 0 Å². The molecule has 0 atom stereocenters. The number of thioether (sulfide) groups is 1. The zero-order valence-corrected chi connectivity index (χ0v) is 14.0. The van der Waals surface area contributed by atoms with Gasteiger partial charge in [-0.05, 0) is 49.2 Å². The highest BCUT2D eigenvalue weighted by atomic mass is 32.2. The predicted octanol–water partition coefficient (Wildman–Crippen LogP) is 4.42. The number of aromatic amines is 1. The molecular weight excluding hydrogens is 304 g/mol. The summed E-state index contributed by atoms with van der Waals surface area (Å²) in [5, 5.41) is 1.01. The Balaban J connectivity index is 1.70. The number of aromatic nitrogens is 2. The zero-order chi connectivity index (χ0) is 15.8. The molecule has 1 aliphatic heterocycles. The number of benzene rings is 2. The van der Waals surface area contributed by atoms with Crippen molar-refractivity contribution in [2.45, 2.75) is 13.8 Å². The van der Waals surface area contributed by atoms with Gasteiger partial charge in [-0.2, -0.15) is 0 Å².